The third-order valence-corrected chi connectivity index (χ3v) is 4.47. The maximum Gasteiger partial charge on any atom is 0.103 e. The highest BCUT2D eigenvalue weighted by Gasteiger charge is 2.28. The van der Waals surface area contributed by atoms with Crippen molar-refractivity contribution in [3.63, 3.8) is 0 Å². The topological polar surface area (TPSA) is 49.5 Å². The molecule has 3 heteroatoms. The summed E-state index contributed by atoms with van der Waals surface area (Å²) in [5.41, 5.74) is 5.87. The average Bonchev–Trinajstić information content (AvgIpc) is 2.54. The summed E-state index contributed by atoms with van der Waals surface area (Å²) in [7, 11) is 0. The van der Waals surface area contributed by atoms with E-state index in [2.05, 4.69) is 25.7 Å². The Hall–Kier alpha value is -0.900. The summed E-state index contributed by atoms with van der Waals surface area (Å²) >= 11 is 0. The number of rotatable bonds is 10. The van der Waals surface area contributed by atoms with Gasteiger partial charge in [0, 0.05) is 19.1 Å². The first-order valence-electron chi connectivity index (χ1n) is 8.29. The first-order chi connectivity index (χ1) is 10.1. The molecule has 0 saturated carbocycles. The maximum absolute atomic E-state index is 10.9. The van der Waals surface area contributed by atoms with E-state index in [0.717, 1.165) is 25.1 Å². The number of unbranched alkanes of at least 4 members (excludes halogenated alkanes) is 1. The summed E-state index contributed by atoms with van der Waals surface area (Å²) in [5, 5.41) is 10.9. The SMILES string of the molecule is CCCCN(CCC(O)(CN)c1ccccc1)C(C)CC. The van der Waals surface area contributed by atoms with Crippen molar-refractivity contribution < 1.29 is 5.11 Å². The van der Waals surface area contributed by atoms with E-state index in [1.165, 1.54) is 12.8 Å². The van der Waals surface area contributed by atoms with Gasteiger partial charge in [-0.25, -0.2) is 0 Å². The Morgan fingerprint density at radius 2 is 1.86 bits per heavy atom. The molecular weight excluding hydrogens is 260 g/mol. The van der Waals surface area contributed by atoms with E-state index in [-0.39, 0.29) is 6.54 Å². The van der Waals surface area contributed by atoms with E-state index in [4.69, 9.17) is 5.73 Å². The Morgan fingerprint density at radius 1 is 1.19 bits per heavy atom. The largest absolute Gasteiger partial charge is 0.384 e. The van der Waals surface area contributed by atoms with E-state index in [0.29, 0.717) is 12.5 Å². The second kappa shape index (κ2) is 9.19. The van der Waals surface area contributed by atoms with Crippen LogP contribution in [0.1, 0.15) is 52.0 Å². The second-order valence-electron chi connectivity index (χ2n) is 6.00. The summed E-state index contributed by atoms with van der Waals surface area (Å²) in [6, 6.07) is 10.4. The molecule has 0 spiro atoms. The van der Waals surface area contributed by atoms with Crippen LogP contribution in [-0.2, 0) is 5.60 Å². The van der Waals surface area contributed by atoms with Crippen LogP contribution >= 0.6 is 0 Å². The molecular formula is C18H32N2O. The Kier molecular flexibility index (Phi) is 7.94. The predicted octanol–water partition coefficient (Wildman–Crippen LogP) is 3.12. The molecule has 0 aliphatic rings. The van der Waals surface area contributed by atoms with Crippen molar-refractivity contribution in [3.05, 3.63) is 35.9 Å². The Balaban J connectivity index is 2.71. The van der Waals surface area contributed by atoms with Gasteiger partial charge in [0.15, 0.2) is 0 Å². The van der Waals surface area contributed by atoms with Gasteiger partial charge in [0.2, 0.25) is 0 Å². The van der Waals surface area contributed by atoms with Crippen molar-refractivity contribution in [3.8, 4) is 0 Å². The van der Waals surface area contributed by atoms with Gasteiger partial charge in [-0.2, -0.15) is 0 Å². The van der Waals surface area contributed by atoms with Crippen molar-refractivity contribution in [2.75, 3.05) is 19.6 Å². The lowest BCUT2D eigenvalue weighted by Gasteiger charge is -2.33. The van der Waals surface area contributed by atoms with Crippen LogP contribution in [0, 0.1) is 0 Å². The van der Waals surface area contributed by atoms with Gasteiger partial charge in [-0.3, -0.25) is 0 Å². The molecule has 120 valence electrons. The van der Waals surface area contributed by atoms with Crippen molar-refractivity contribution in [1.29, 1.82) is 0 Å². The molecule has 0 saturated heterocycles. The highest BCUT2D eigenvalue weighted by atomic mass is 16.3. The van der Waals surface area contributed by atoms with Crippen molar-refractivity contribution in [1.82, 2.24) is 4.90 Å². The molecule has 21 heavy (non-hydrogen) atoms. The molecule has 0 fully saturated rings. The van der Waals surface area contributed by atoms with Gasteiger partial charge in [-0.15, -0.1) is 0 Å². The monoisotopic (exact) mass is 292 g/mol. The standard InChI is InChI=1S/C18H32N2O/c1-4-6-13-20(16(3)5-2)14-12-18(21,15-19)17-10-8-7-9-11-17/h7-11,16,21H,4-6,12-15,19H2,1-3H3. The first kappa shape index (κ1) is 18.1. The van der Waals surface area contributed by atoms with E-state index >= 15 is 0 Å². The van der Waals surface area contributed by atoms with Crippen LogP contribution < -0.4 is 5.73 Å². The molecule has 3 N–H and O–H groups in total. The van der Waals surface area contributed by atoms with Gasteiger partial charge in [0.25, 0.3) is 0 Å². The quantitative estimate of drug-likeness (QED) is 0.696. The van der Waals surface area contributed by atoms with Crippen LogP contribution in [0.2, 0.25) is 0 Å². The molecule has 3 nitrogen and oxygen atoms in total. The van der Waals surface area contributed by atoms with Crippen LogP contribution in [0.4, 0.5) is 0 Å². The highest BCUT2D eigenvalue weighted by molar-refractivity contribution is 5.22. The third-order valence-electron chi connectivity index (χ3n) is 4.47. The summed E-state index contributed by atoms with van der Waals surface area (Å²) < 4.78 is 0. The van der Waals surface area contributed by atoms with Gasteiger partial charge < -0.3 is 15.7 Å². The molecule has 0 heterocycles. The molecule has 0 bridgehead atoms. The number of nitrogens with zero attached hydrogens (tertiary/aromatic N) is 1. The van der Waals surface area contributed by atoms with E-state index in [1.807, 2.05) is 30.3 Å². The molecule has 0 aromatic heterocycles. The number of hydrogen-bond donors (Lipinski definition) is 2. The highest BCUT2D eigenvalue weighted by Crippen LogP contribution is 2.24. The Labute approximate surface area is 130 Å². The van der Waals surface area contributed by atoms with Crippen LogP contribution in [0.5, 0.6) is 0 Å². The third kappa shape index (κ3) is 5.42. The lowest BCUT2D eigenvalue weighted by molar-refractivity contribution is 0.0211. The zero-order chi connectivity index (χ0) is 15.7. The molecule has 0 aliphatic carbocycles. The minimum atomic E-state index is -0.917. The molecule has 1 aromatic rings. The van der Waals surface area contributed by atoms with Gasteiger partial charge in [0.05, 0.1) is 0 Å². The van der Waals surface area contributed by atoms with Crippen LogP contribution in [0.25, 0.3) is 0 Å². The van der Waals surface area contributed by atoms with Crippen molar-refractivity contribution in [2.24, 2.45) is 5.73 Å². The lowest BCUT2D eigenvalue weighted by atomic mass is 9.90. The number of benzene rings is 1. The van der Waals surface area contributed by atoms with Crippen molar-refractivity contribution >= 4 is 0 Å². The smallest absolute Gasteiger partial charge is 0.103 e. The van der Waals surface area contributed by atoms with E-state index < -0.39 is 5.60 Å². The molecule has 0 aliphatic heterocycles. The minimum Gasteiger partial charge on any atom is -0.384 e. The van der Waals surface area contributed by atoms with Crippen LogP contribution in [0.15, 0.2) is 30.3 Å². The summed E-state index contributed by atoms with van der Waals surface area (Å²) in [6.45, 7) is 8.95. The fourth-order valence-corrected chi connectivity index (χ4v) is 2.61. The Bertz CT molecular complexity index is 382. The molecule has 2 atom stereocenters. The van der Waals surface area contributed by atoms with Crippen molar-refractivity contribution in [2.45, 2.75) is 58.1 Å². The van der Waals surface area contributed by atoms with Gasteiger partial charge >= 0.3 is 0 Å². The molecule has 0 radical (unpaired) electrons. The van der Waals surface area contributed by atoms with Gasteiger partial charge in [0.1, 0.15) is 5.60 Å². The van der Waals surface area contributed by atoms with Crippen LogP contribution in [-0.4, -0.2) is 35.7 Å². The molecule has 0 amide bonds. The average molecular weight is 292 g/mol. The molecule has 1 rings (SSSR count). The van der Waals surface area contributed by atoms with E-state index in [1.54, 1.807) is 0 Å². The van der Waals surface area contributed by atoms with Crippen LogP contribution in [0.3, 0.4) is 0 Å². The summed E-state index contributed by atoms with van der Waals surface area (Å²) in [5.74, 6) is 0. The fourth-order valence-electron chi connectivity index (χ4n) is 2.61. The first-order valence-corrected chi connectivity index (χ1v) is 8.29. The number of aliphatic hydroxyl groups is 1. The number of hydrogen-bond acceptors (Lipinski definition) is 3. The molecule has 1 aromatic carbocycles. The predicted molar refractivity (Wildman–Crippen MR) is 90.2 cm³/mol. The van der Waals surface area contributed by atoms with Gasteiger partial charge in [-0.1, -0.05) is 50.6 Å². The second-order valence-corrected chi connectivity index (χ2v) is 6.00. The van der Waals surface area contributed by atoms with Gasteiger partial charge in [-0.05, 0) is 38.3 Å². The fraction of sp³-hybridized carbons (Fsp3) is 0.667. The number of nitrogens with two attached hydrogens (primary N) is 1. The lowest BCUT2D eigenvalue weighted by Crippen LogP contribution is -2.41. The van der Waals surface area contributed by atoms with E-state index in [9.17, 15) is 5.11 Å². The minimum absolute atomic E-state index is 0.263. The zero-order valence-corrected chi connectivity index (χ0v) is 13.9. The maximum atomic E-state index is 10.9. The molecule has 2 unspecified atom stereocenters. The zero-order valence-electron chi connectivity index (χ0n) is 13.9. The summed E-state index contributed by atoms with van der Waals surface area (Å²) in [6.07, 6.45) is 4.22. The normalized spacial score (nSPS) is 15.9. The Morgan fingerprint density at radius 3 is 2.38 bits per heavy atom. The summed E-state index contributed by atoms with van der Waals surface area (Å²) in [4.78, 5) is 2.48.